The lowest BCUT2D eigenvalue weighted by Gasteiger charge is -2.27. The lowest BCUT2D eigenvalue weighted by atomic mass is 10.2. The first-order valence-electron chi connectivity index (χ1n) is 9.41. The van der Waals surface area contributed by atoms with Gasteiger partial charge >= 0.3 is 5.69 Å². The number of rotatable bonds is 4. The minimum atomic E-state index is -0.319. The Hall–Kier alpha value is -2.57. The van der Waals surface area contributed by atoms with Crippen molar-refractivity contribution >= 4 is 22.8 Å². The van der Waals surface area contributed by atoms with E-state index in [1.807, 2.05) is 29.2 Å². The zero-order chi connectivity index (χ0) is 18.1. The van der Waals surface area contributed by atoms with Gasteiger partial charge in [0.25, 0.3) is 0 Å². The summed E-state index contributed by atoms with van der Waals surface area (Å²) in [4.78, 5) is 44.0. The van der Waals surface area contributed by atoms with E-state index in [0.717, 1.165) is 49.8 Å². The molecule has 0 aliphatic carbocycles. The number of H-pyrrole nitrogens is 1. The third-order valence-corrected chi connectivity index (χ3v) is 5.51. The minimum Gasteiger partial charge on any atom is -0.341 e. The molecule has 2 fully saturated rings. The number of nitrogens with one attached hydrogen (secondary N) is 1. The van der Waals surface area contributed by atoms with E-state index in [2.05, 4.69) is 4.98 Å². The highest BCUT2D eigenvalue weighted by Gasteiger charge is 2.36. The molecule has 2 saturated heterocycles. The van der Waals surface area contributed by atoms with Crippen molar-refractivity contribution in [2.75, 3.05) is 19.6 Å². The lowest BCUT2D eigenvalue weighted by Crippen LogP contribution is -2.47. The number of para-hydroxylation sites is 2. The van der Waals surface area contributed by atoms with Gasteiger partial charge in [-0.05, 0) is 37.8 Å². The van der Waals surface area contributed by atoms with E-state index in [1.54, 1.807) is 9.47 Å². The van der Waals surface area contributed by atoms with Crippen LogP contribution in [0.2, 0.25) is 0 Å². The van der Waals surface area contributed by atoms with Crippen molar-refractivity contribution in [3.05, 3.63) is 34.7 Å². The van der Waals surface area contributed by atoms with Crippen molar-refractivity contribution in [1.29, 1.82) is 0 Å². The number of aromatic nitrogens is 2. The van der Waals surface area contributed by atoms with Crippen LogP contribution in [0.3, 0.4) is 0 Å². The summed E-state index contributed by atoms with van der Waals surface area (Å²) in [5.74, 6) is 0.0508. The van der Waals surface area contributed by atoms with Crippen LogP contribution in [0.5, 0.6) is 0 Å². The molecule has 0 radical (unpaired) electrons. The van der Waals surface area contributed by atoms with E-state index in [4.69, 9.17) is 0 Å². The van der Waals surface area contributed by atoms with Crippen molar-refractivity contribution in [3.8, 4) is 0 Å². The zero-order valence-corrected chi connectivity index (χ0v) is 14.8. The summed E-state index contributed by atoms with van der Waals surface area (Å²) in [5.41, 5.74) is 1.37. The fourth-order valence-corrected chi connectivity index (χ4v) is 4.15. The largest absolute Gasteiger partial charge is 0.341 e. The second-order valence-corrected chi connectivity index (χ2v) is 7.13. The number of likely N-dealkylation sites (tertiary alicyclic amines) is 2. The molecule has 138 valence electrons. The van der Waals surface area contributed by atoms with Crippen LogP contribution in [0.4, 0.5) is 0 Å². The molecule has 1 aromatic carbocycles. The number of fused-ring (bicyclic) bond motifs is 1. The first kappa shape index (κ1) is 16.9. The van der Waals surface area contributed by atoms with Gasteiger partial charge in [-0.25, -0.2) is 4.79 Å². The molecule has 2 aromatic rings. The molecule has 2 aliphatic heterocycles. The van der Waals surface area contributed by atoms with Crippen LogP contribution in [-0.4, -0.2) is 56.8 Å². The van der Waals surface area contributed by atoms with Crippen LogP contribution in [0, 0.1) is 0 Å². The second kappa shape index (κ2) is 6.97. The van der Waals surface area contributed by atoms with Crippen LogP contribution in [0.25, 0.3) is 11.0 Å². The van der Waals surface area contributed by atoms with Crippen LogP contribution in [-0.2, 0) is 16.1 Å². The highest BCUT2D eigenvalue weighted by Crippen LogP contribution is 2.22. The molecule has 2 amide bonds. The Labute approximate surface area is 151 Å². The van der Waals surface area contributed by atoms with Crippen molar-refractivity contribution in [1.82, 2.24) is 19.4 Å². The Kier molecular flexibility index (Phi) is 4.53. The average molecular weight is 356 g/mol. The molecule has 7 nitrogen and oxygen atoms in total. The van der Waals surface area contributed by atoms with Gasteiger partial charge in [-0.1, -0.05) is 12.1 Å². The zero-order valence-electron chi connectivity index (χ0n) is 14.8. The predicted molar refractivity (Wildman–Crippen MR) is 97.7 cm³/mol. The Morgan fingerprint density at radius 3 is 2.65 bits per heavy atom. The quantitative estimate of drug-likeness (QED) is 0.898. The maximum absolute atomic E-state index is 12.7. The molecule has 7 heteroatoms. The smallest absolute Gasteiger partial charge is 0.326 e. The number of hydrogen-bond donors (Lipinski definition) is 1. The van der Waals surface area contributed by atoms with Gasteiger partial charge in [0.15, 0.2) is 0 Å². The third kappa shape index (κ3) is 3.02. The fraction of sp³-hybridized carbons (Fsp3) is 0.526. The van der Waals surface area contributed by atoms with E-state index >= 15 is 0 Å². The fourth-order valence-electron chi connectivity index (χ4n) is 4.15. The minimum absolute atomic E-state index is 0.0442. The molecule has 0 spiro atoms. The van der Waals surface area contributed by atoms with Gasteiger partial charge in [0, 0.05) is 32.6 Å². The number of amides is 2. The molecule has 1 atom stereocenters. The maximum atomic E-state index is 12.7. The predicted octanol–water partition coefficient (Wildman–Crippen LogP) is 1.33. The number of aryl methyl sites for hydroxylation is 1. The lowest BCUT2D eigenvalue weighted by molar-refractivity contribution is -0.143. The standard InChI is InChI=1S/C19H24N4O3/c24-17(9-13-23-15-7-2-1-6-14(15)20-19(23)26)22-12-5-8-16(22)18(25)21-10-3-4-11-21/h1-2,6-7,16H,3-5,8-13H2,(H,20,26)/t16-/m0/s1. The molecule has 0 saturated carbocycles. The molecule has 1 aromatic heterocycles. The molecule has 3 heterocycles. The molecule has 26 heavy (non-hydrogen) atoms. The molecule has 0 unspecified atom stereocenters. The maximum Gasteiger partial charge on any atom is 0.326 e. The molecule has 2 aliphatic rings. The Morgan fingerprint density at radius 2 is 1.85 bits per heavy atom. The Balaban J connectivity index is 1.44. The number of aromatic amines is 1. The molecule has 4 rings (SSSR count). The molecular formula is C19H24N4O3. The normalized spacial score (nSPS) is 20.2. The third-order valence-electron chi connectivity index (χ3n) is 5.51. The van der Waals surface area contributed by atoms with Crippen molar-refractivity contribution < 1.29 is 9.59 Å². The van der Waals surface area contributed by atoms with Crippen molar-refractivity contribution in [2.24, 2.45) is 0 Å². The van der Waals surface area contributed by atoms with E-state index < -0.39 is 0 Å². The van der Waals surface area contributed by atoms with E-state index in [0.29, 0.717) is 13.1 Å². The summed E-state index contributed by atoms with van der Waals surface area (Å²) in [5, 5.41) is 0. The topological polar surface area (TPSA) is 78.4 Å². The van der Waals surface area contributed by atoms with E-state index in [-0.39, 0.29) is 30.0 Å². The highest BCUT2D eigenvalue weighted by atomic mass is 16.2. The van der Waals surface area contributed by atoms with Crippen molar-refractivity contribution in [3.63, 3.8) is 0 Å². The highest BCUT2D eigenvalue weighted by molar-refractivity contribution is 5.88. The summed E-state index contributed by atoms with van der Waals surface area (Å²) < 4.78 is 1.60. The van der Waals surface area contributed by atoms with Gasteiger partial charge in [0.2, 0.25) is 11.8 Å². The van der Waals surface area contributed by atoms with Crippen LogP contribution >= 0.6 is 0 Å². The second-order valence-electron chi connectivity index (χ2n) is 7.13. The number of carbonyl (C=O) groups excluding carboxylic acids is 2. The van der Waals surface area contributed by atoms with Gasteiger partial charge < -0.3 is 14.8 Å². The molecular weight excluding hydrogens is 332 g/mol. The van der Waals surface area contributed by atoms with Gasteiger partial charge in [0.05, 0.1) is 11.0 Å². The van der Waals surface area contributed by atoms with Gasteiger partial charge in [-0.3, -0.25) is 14.2 Å². The Morgan fingerprint density at radius 1 is 1.08 bits per heavy atom. The van der Waals surface area contributed by atoms with E-state index in [9.17, 15) is 14.4 Å². The summed E-state index contributed by atoms with van der Waals surface area (Å²) >= 11 is 0. The van der Waals surface area contributed by atoms with Gasteiger partial charge in [0.1, 0.15) is 6.04 Å². The number of hydrogen-bond acceptors (Lipinski definition) is 3. The van der Waals surface area contributed by atoms with E-state index in [1.165, 1.54) is 0 Å². The average Bonchev–Trinajstić information content (AvgIpc) is 3.38. The molecule has 0 bridgehead atoms. The SMILES string of the molecule is O=C([C@@H]1CCCN1C(=O)CCn1c(=O)[nH]c2ccccc21)N1CCCC1. The number of benzene rings is 1. The summed E-state index contributed by atoms with van der Waals surface area (Å²) in [6.45, 7) is 2.57. The first-order chi connectivity index (χ1) is 12.6. The molecule has 1 N–H and O–H groups in total. The van der Waals surface area contributed by atoms with Crippen molar-refractivity contribution in [2.45, 2.75) is 44.7 Å². The monoisotopic (exact) mass is 356 g/mol. The first-order valence-corrected chi connectivity index (χ1v) is 9.41. The summed E-state index contributed by atoms with van der Waals surface area (Å²) in [6.07, 6.45) is 3.94. The van der Waals surface area contributed by atoms with Crippen LogP contribution in [0.15, 0.2) is 29.1 Å². The summed E-state index contributed by atoms with van der Waals surface area (Å²) in [7, 11) is 0. The number of carbonyl (C=O) groups is 2. The summed E-state index contributed by atoms with van der Waals surface area (Å²) in [6, 6.07) is 7.14. The van der Waals surface area contributed by atoms with Crippen LogP contribution in [0.1, 0.15) is 32.1 Å². The van der Waals surface area contributed by atoms with Crippen LogP contribution < -0.4 is 5.69 Å². The Bertz CT molecular complexity index is 878. The number of imidazole rings is 1. The van der Waals surface area contributed by atoms with Gasteiger partial charge in [-0.2, -0.15) is 0 Å². The number of nitrogens with zero attached hydrogens (tertiary/aromatic N) is 3. The van der Waals surface area contributed by atoms with Gasteiger partial charge in [-0.15, -0.1) is 0 Å².